The van der Waals surface area contributed by atoms with E-state index in [9.17, 15) is 5.11 Å². The summed E-state index contributed by atoms with van der Waals surface area (Å²) in [5.41, 5.74) is 0. The first-order valence-electron chi connectivity index (χ1n) is 5.99. The number of hydrogen-bond acceptors (Lipinski definition) is 4. The molecule has 2 atom stereocenters. The van der Waals surface area contributed by atoms with Crippen LogP contribution in [0.4, 0.5) is 0 Å². The topological polar surface area (TPSA) is 44.7 Å². The standard InChI is InChI=1S/C11H24N2O2/c1-3-6-13(4-2)7-5-12-10-8-15-9-11(10)14/h10-12,14H,3-9H2,1-2H3. The molecule has 2 N–H and O–H groups in total. The predicted octanol–water partition coefficient (Wildman–Crippen LogP) is 0.0676. The van der Waals surface area contributed by atoms with Gasteiger partial charge in [-0.05, 0) is 19.5 Å². The van der Waals surface area contributed by atoms with Crippen LogP contribution in [0.5, 0.6) is 0 Å². The van der Waals surface area contributed by atoms with Gasteiger partial charge in [0.25, 0.3) is 0 Å². The zero-order valence-corrected chi connectivity index (χ0v) is 9.91. The fourth-order valence-corrected chi connectivity index (χ4v) is 1.89. The van der Waals surface area contributed by atoms with Gasteiger partial charge in [-0.15, -0.1) is 0 Å². The van der Waals surface area contributed by atoms with Crippen LogP contribution in [-0.4, -0.2) is 61.5 Å². The molecule has 0 aromatic heterocycles. The lowest BCUT2D eigenvalue weighted by molar-refractivity contribution is 0.122. The fourth-order valence-electron chi connectivity index (χ4n) is 1.89. The molecular weight excluding hydrogens is 192 g/mol. The molecule has 0 bridgehead atoms. The smallest absolute Gasteiger partial charge is 0.0948 e. The van der Waals surface area contributed by atoms with Crippen molar-refractivity contribution < 1.29 is 9.84 Å². The van der Waals surface area contributed by atoms with Crippen molar-refractivity contribution in [1.82, 2.24) is 10.2 Å². The highest BCUT2D eigenvalue weighted by molar-refractivity contribution is 4.80. The molecule has 0 radical (unpaired) electrons. The van der Waals surface area contributed by atoms with Crippen molar-refractivity contribution in [3.05, 3.63) is 0 Å². The Morgan fingerprint density at radius 3 is 2.67 bits per heavy atom. The summed E-state index contributed by atoms with van der Waals surface area (Å²) in [6, 6.07) is 0.130. The van der Waals surface area contributed by atoms with E-state index < -0.39 is 0 Å². The maximum atomic E-state index is 9.51. The van der Waals surface area contributed by atoms with Crippen molar-refractivity contribution in [3.8, 4) is 0 Å². The van der Waals surface area contributed by atoms with Gasteiger partial charge in [-0.25, -0.2) is 0 Å². The number of rotatable bonds is 7. The number of hydrogen-bond donors (Lipinski definition) is 2. The molecule has 1 aliphatic rings. The number of likely N-dealkylation sites (N-methyl/N-ethyl adjacent to an activating group) is 1. The fraction of sp³-hybridized carbons (Fsp3) is 1.00. The van der Waals surface area contributed by atoms with E-state index in [2.05, 4.69) is 24.1 Å². The SMILES string of the molecule is CCCN(CC)CCNC1COCC1O. The first-order chi connectivity index (χ1) is 7.27. The summed E-state index contributed by atoms with van der Waals surface area (Å²) in [6.45, 7) is 9.73. The van der Waals surface area contributed by atoms with Gasteiger partial charge in [0.05, 0.1) is 25.4 Å². The summed E-state index contributed by atoms with van der Waals surface area (Å²) in [6.07, 6.45) is 0.870. The molecule has 90 valence electrons. The molecule has 0 aromatic rings. The third-order valence-corrected chi connectivity index (χ3v) is 2.87. The van der Waals surface area contributed by atoms with Gasteiger partial charge >= 0.3 is 0 Å². The van der Waals surface area contributed by atoms with Gasteiger partial charge in [-0.3, -0.25) is 0 Å². The van der Waals surface area contributed by atoms with E-state index in [-0.39, 0.29) is 12.1 Å². The Morgan fingerprint density at radius 2 is 2.13 bits per heavy atom. The van der Waals surface area contributed by atoms with Gasteiger partial charge in [0.1, 0.15) is 0 Å². The summed E-state index contributed by atoms with van der Waals surface area (Å²) in [5.74, 6) is 0. The highest BCUT2D eigenvalue weighted by Gasteiger charge is 2.25. The van der Waals surface area contributed by atoms with Crippen molar-refractivity contribution in [2.75, 3.05) is 39.4 Å². The van der Waals surface area contributed by atoms with Crippen LogP contribution in [0.3, 0.4) is 0 Å². The Balaban J connectivity index is 2.08. The molecule has 0 aliphatic carbocycles. The van der Waals surface area contributed by atoms with Gasteiger partial charge in [0, 0.05) is 13.1 Å². The Hall–Kier alpha value is -0.160. The lowest BCUT2D eigenvalue weighted by Gasteiger charge is -2.21. The average Bonchev–Trinajstić information content (AvgIpc) is 2.63. The van der Waals surface area contributed by atoms with E-state index in [1.54, 1.807) is 0 Å². The number of aliphatic hydroxyl groups excluding tert-OH is 1. The van der Waals surface area contributed by atoms with E-state index >= 15 is 0 Å². The molecule has 4 heteroatoms. The van der Waals surface area contributed by atoms with Crippen LogP contribution < -0.4 is 5.32 Å². The quantitative estimate of drug-likeness (QED) is 0.632. The minimum absolute atomic E-state index is 0.130. The molecule has 1 rings (SSSR count). The summed E-state index contributed by atoms with van der Waals surface area (Å²) < 4.78 is 5.17. The Bertz CT molecular complexity index is 167. The van der Waals surface area contributed by atoms with Crippen molar-refractivity contribution >= 4 is 0 Å². The van der Waals surface area contributed by atoms with Crippen molar-refractivity contribution in [3.63, 3.8) is 0 Å². The van der Waals surface area contributed by atoms with Crippen molar-refractivity contribution in [2.24, 2.45) is 0 Å². The largest absolute Gasteiger partial charge is 0.389 e. The summed E-state index contributed by atoms with van der Waals surface area (Å²) in [5, 5.41) is 12.9. The molecule has 1 saturated heterocycles. The van der Waals surface area contributed by atoms with Gasteiger partial charge in [0.2, 0.25) is 0 Å². The summed E-state index contributed by atoms with van der Waals surface area (Å²) in [4.78, 5) is 2.41. The number of aliphatic hydroxyl groups is 1. The molecular formula is C11H24N2O2. The second-order valence-electron chi connectivity index (χ2n) is 4.10. The molecule has 2 unspecified atom stereocenters. The molecule has 1 aliphatic heterocycles. The van der Waals surface area contributed by atoms with Crippen LogP contribution in [0.15, 0.2) is 0 Å². The molecule has 15 heavy (non-hydrogen) atoms. The van der Waals surface area contributed by atoms with Crippen LogP contribution in [0.1, 0.15) is 20.3 Å². The molecule has 0 saturated carbocycles. The van der Waals surface area contributed by atoms with Crippen LogP contribution in [0, 0.1) is 0 Å². The van der Waals surface area contributed by atoms with Crippen LogP contribution in [0.2, 0.25) is 0 Å². The molecule has 0 aromatic carbocycles. The first-order valence-corrected chi connectivity index (χ1v) is 5.99. The van der Waals surface area contributed by atoms with E-state index in [0.29, 0.717) is 13.2 Å². The summed E-state index contributed by atoms with van der Waals surface area (Å²) in [7, 11) is 0. The number of ether oxygens (including phenoxy) is 1. The van der Waals surface area contributed by atoms with Crippen LogP contribution in [0.25, 0.3) is 0 Å². The monoisotopic (exact) mass is 216 g/mol. The van der Waals surface area contributed by atoms with Crippen LogP contribution >= 0.6 is 0 Å². The zero-order chi connectivity index (χ0) is 11.1. The number of nitrogens with one attached hydrogen (secondary N) is 1. The van der Waals surface area contributed by atoms with E-state index in [1.165, 1.54) is 6.42 Å². The Morgan fingerprint density at radius 1 is 1.33 bits per heavy atom. The van der Waals surface area contributed by atoms with Gasteiger partial charge in [-0.1, -0.05) is 13.8 Å². The molecule has 0 spiro atoms. The Kier molecular flexibility index (Phi) is 6.17. The molecule has 1 heterocycles. The first kappa shape index (κ1) is 12.9. The van der Waals surface area contributed by atoms with E-state index in [4.69, 9.17) is 4.74 Å². The maximum absolute atomic E-state index is 9.51. The maximum Gasteiger partial charge on any atom is 0.0948 e. The molecule has 1 fully saturated rings. The Labute approximate surface area is 92.6 Å². The lowest BCUT2D eigenvalue weighted by Crippen LogP contribution is -2.43. The van der Waals surface area contributed by atoms with Gasteiger partial charge < -0.3 is 20.1 Å². The highest BCUT2D eigenvalue weighted by atomic mass is 16.5. The minimum atomic E-state index is -0.328. The van der Waals surface area contributed by atoms with Gasteiger partial charge in [0.15, 0.2) is 0 Å². The number of nitrogens with zero attached hydrogens (tertiary/aromatic N) is 1. The second kappa shape index (κ2) is 7.17. The second-order valence-corrected chi connectivity index (χ2v) is 4.10. The average molecular weight is 216 g/mol. The van der Waals surface area contributed by atoms with E-state index in [1.807, 2.05) is 0 Å². The summed E-state index contributed by atoms with van der Waals surface area (Å²) >= 11 is 0. The highest BCUT2D eigenvalue weighted by Crippen LogP contribution is 2.04. The molecule has 0 amide bonds. The van der Waals surface area contributed by atoms with Crippen molar-refractivity contribution in [2.45, 2.75) is 32.4 Å². The van der Waals surface area contributed by atoms with E-state index in [0.717, 1.165) is 26.2 Å². The third-order valence-electron chi connectivity index (χ3n) is 2.87. The minimum Gasteiger partial charge on any atom is -0.389 e. The normalized spacial score (nSPS) is 26.4. The zero-order valence-electron chi connectivity index (χ0n) is 9.91. The van der Waals surface area contributed by atoms with Crippen LogP contribution in [-0.2, 0) is 4.74 Å². The lowest BCUT2D eigenvalue weighted by atomic mass is 10.2. The van der Waals surface area contributed by atoms with Gasteiger partial charge in [-0.2, -0.15) is 0 Å². The molecule has 4 nitrogen and oxygen atoms in total. The third kappa shape index (κ3) is 4.47. The van der Waals surface area contributed by atoms with Crippen molar-refractivity contribution in [1.29, 1.82) is 0 Å². The predicted molar refractivity (Wildman–Crippen MR) is 61.0 cm³/mol.